The molecule has 0 saturated carbocycles. The van der Waals surface area contributed by atoms with Gasteiger partial charge in [-0.15, -0.1) is 0 Å². The molecular formula is C25H38N6O3. The van der Waals surface area contributed by atoms with E-state index < -0.39 is 5.60 Å². The van der Waals surface area contributed by atoms with Crippen LogP contribution < -0.4 is 19.9 Å². The van der Waals surface area contributed by atoms with Crippen molar-refractivity contribution in [2.45, 2.75) is 25.0 Å². The van der Waals surface area contributed by atoms with Crippen LogP contribution in [-0.4, -0.2) is 98.8 Å². The molecule has 0 spiro atoms. The van der Waals surface area contributed by atoms with Crippen LogP contribution in [0, 0.1) is 0 Å². The van der Waals surface area contributed by atoms with Crippen LogP contribution in [0.4, 0.5) is 11.6 Å². The first-order valence-corrected chi connectivity index (χ1v) is 12.2. The van der Waals surface area contributed by atoms with Crippen LogP contribution >= 0.6 is 0 Å². The van der Waals surface area contributed by atoms with E-state index in [0.717, 1.165) is 69.6 Å². The van der Waals surface area contributed by atoms with Crippen LogP contribution in [0.25, 0.3) is 0 Å². The van der Waals surface area contributed by atoms with Gasteiger partial charge in [-0.05, 0) is 30.5 Å². The third kappa shape index (κ3) is 7.02. The van der Waals surface area contributed by atoms with Crippen molar-refractivity contribution >= 4 is 11.6 Å². The van der Waals surface area contributed by atoms with Crippen molar-refractivity contribution in [1.29, 1.82) is 0 Å². The van der Waals surface area contributed by atoms with Crippen molar-refractivity contribution < 1.29 is 14.6 Å². The number of nitrogens with zero attached hydrogens (tertiary/aromatic N) is 5. The minimum atomic E-state index is -0.788. The second kappa shape index (κ2) is 11.8. The molecule has 0 amide bonds. The van der Waals surface area contributed by atoms with Crippen LogP contribution in [0.1, 0.15) is 18.4 Å². The Hall–Kier alpha value is -2.46. The topological polar surface area (TPSA) is 86.2 Å². The average Bonchev–Trinajstić information content (AvgIpc) is 2.86. The summed E-state index contributed by atoms with van der Waals surface area (Å²) in [6.45, 7) is 7.88. The molecule has 2 aliphatic heterocycles. The highest BCUT2D eigenvalue weighted by atomic mass is 16.5. The molecule has 0 bridgehead atoms. The molecule has 0 unspecified atom stereocenters. The molecule has 0 radical (unpaired) electrons. The molecule has 1 aromatic carbocycles. The zero-order chi connectivity index (χ0) is 23.8. The molecule has 2 N–H and O–H groups in total. The van der Waals surface area contributed by atoms with Crippen LogP contribution in [0.15, 0.2) is 36.7 Å². The van der Waals surface area contributed by atoms with Gasteiger partial charge in [-0.2, -0.15) is 0 Å². The summed E-state index contributed by atoms with van der Waals surface area (Å²) in [5.41, 5.74) is 0.382. The normalized spacial score (nSPS) is 21.4. The van der Waals surface area contributed by atoms with Gasteiger partial charge in [-0.1, -0.05) is 12.1 Å². The zero-order valence-electron chi connectivity index (χ0n) is 20.4. The third-order valence-corrected chi connectivity index (χ3v) is 6.46. The molecule has 186 valence electrons. The zero-order valence-corrected chi connectivity index (χ0v) is 20.4. The smallest absolute Gasteiger partial charge is 0.134 e. The highest BCUT2D eigenvalue weighted by Gasteiger charge is 2.33. The van der Waals surface area contributed by atoms with Crippen LogP contribution in [0.3, 0.4) is 0 Å². The molecule has 0 aliphatic carbocycles. The van der Waals surface area contributed by atoms with Gasteiger partial charge in [0.1, 0.15) is 30.3 Å². The first-order chi connectivity index (χ1) is 16.5. The molecule has 2 fully saturated rings. The third-order valence-electron chi connectivity index (χ3n) is 6.46. The number of anilines is 2. The lowest BCUT2D eigenvalue weighted by Gasteiger charge is -2.40. The van der Waals surface area contributed by atoms with E-state index in [4.69, 9.17) is 9.47 Å². The number of rotatable bonds is 10. The average molecular weight is 471 g/mol. The molecular weight excluding hydrogens is 432 g/mol. The Morgan fingerprint density at radius 1 is 1.15 bits per heavy atom. The van der Waals surface area contributed by atoms with Crippen molar-refractivity contribution in [3.8, 4) is 5.75 Å². The van der Waals surface area contributed by atoms with Gasteiger partial charge in [0, 0.05) is 66.0 Å². The Morgan fingerprint density at radius 3 is 2.71 bits per heavy atom. The molecule has 3 heterocycles. The second-order valence-corrected chi connectivity index (χ2v) is 9.43. The Labute approximate surface area is 202 Å². The van der Waals surface area contributed by atoms with Gasteiger partial charge in [0.15, 0.2) is 0 Å². The summed E-state index contributed by atoms with van der Waals surface area (Å²) in [6.07, 6.45) is 3.29. The minimum Gasteiger partial charge on any atom is -0.492 e. The maximum atomic E-state index is 11.2. The number of β-amino-alcohol motifs (C(OH)–C–C–N with tert-alkyl or cyclic N) is 1. The monoisotopic (exact) mass is 470 g/mol. The van der Waals surface area contributed by atoms with Crippen molar-refractivity contribution in [2.24, 2.45) is 0 Å². The lowest BCUT2D eigenvalue weighted by molar-refractivity contribution is 0.0258. The van der Waals surface area contributed by atoms with E-state index in [2.05, 4.69) is 37.2 Å². The highest BCUT2D eigenvalue weighted by Crippen LogP contribution is 2.26. The van der Waals surface area contributed by atoms with Crippen LogP contribution in [0.5, 0.6) is 5.75 Å². The molecule has 1 atom stereocenters. The van der Waals surface area contributed by atoms with Gasteiger partial charge in [0.2, 0.25) is 0 Å². The number of ether oxygens (including phenoxy) is 2. The predicted octanol–water partition coefficient (Wildman–Crippen LogP) is 1.37. The summed E-state index contributed by atoms with van der Waals surface area (Å²) in [4.78, 5) is 15.2. The van der Waals surface area contributed by atoms with Crippen molar-refractivity contribution in [3.05, 3.63) is 42.2 Å². The summed E-state index contributed by atoms with van der Waals surface area (Å²) in [5, 5.41) is 14.7. The van der Waals surface area contributed by atoms with Crippen LogP contribution in [0.2, 0.25) is 0 Å². The van der Waals surface area contributed by atoms with E-state index in [1.54, 1.807) is 6.33 Å². The first kappa shape index (κ1) is 24.7. The Morgan fingerprint density at radius 2 is 1.94 bits per heavy atom. The van der Waals surface area contributed by atoms with Crippen LogP contribution in [-0.2, 0) is 11.3 Å². The Balaban J connectivity index is 1.21. The van der Waals surface area contributed by atoms with Crippen molar-refractivity contribution in [3.63, 3.8) is 0 Å². The number of morpholine rings is 1. The summed E-state index contributed by atoms with van der Waals surface area (Å²) in [6, 6.07) is 10.2. The lowest BCUT2D eigenvalue weighted by Crippen LogP contribution is -2.53. The largest absolute Gasteiger partial charge is 0.492 e. The van der Waals surface area contributed by atoms with E-state index in [0.29, 0.717) is 26.2 Å². The SMILES string of the molecule is CN(C)c1cc(N2CCC[C@](O)(CNCc3ccc(OCCN4CCOCC4)cc3)C2)ncn1. The standard InChI is InChI=1S/C25H38N6O3/c1-29(2)23-16-24(28-20-27-23)31-9-3-8-25(32,19-31)18-26-17-21-4-6-22(7-5-21)34-15-12-30-10-13-33-14-11-30/h4-7,16,20,26,32H,3,8-15,17-19H2,1-2H3/t25-/m0/s1. The van der Waals surface area contributed by atoms with Gasteiger partial charge >= 0.3 is 0 Å². The fraction of sp³-hybridized carbons (Fsp3) is 0.600. The quantitative estimate of drug-likeness (QED) is 0.535. The molecule has 2 aliphatic rings. The van der Waals surface area contributed by atoms with Gasteiger partial charge < -0.3 is 29.7 Å². The fourth-order valence-corrected chi connectivity index (χ4v) is 4.47. The van der Waals surface area contributed by atoms with Crippen molar-refractivity contribution in [2.75, 3.05) is 83.0 Å². The van der Waals surface area contributed by atoms with E-state index in [1.165, 1.54) is 5.56 Å². The van der Waals surface area contributed by atoms with Gasteiger partial charge in [0.25, 0.3) is 0 Å². The molecule has 1 aromatic heterocycles. The summed E-state index contributed by atoms with van der Waals surface area (Å²) >= 11 is 0. The Kier molecular flexibility index (Phi) is 8.55. The number of hydrogen-bond donors (Lipinski definition) is 2. The number of piperidine rings is 1. The molecule has 2 aromatic rings. The molecule has 9 heteroatoms. The Bertz CT molecular complexity index is 890. The number of benzene rings is 1. The van der Waals surface area contributed by atoms with Gasteiger partial charge in [-0.25, -0.2) is 9.97 Å². The maximum absolute atomic E-state index is 11.2. The molecule has 4 rings (SSSR count). The lowest BCUT2D eigenvalue weighted by atomic mass is 9.92. The summed E-state index contributed by atoms with van der Waals surface area (Å²) < 4.78 is 11.3. The second-order valence-electron chi connectivity index (χ2n) is 9.43. The molecule has 9 nitrogen and oxygen atoms in total. The first-order valence-electron chi connectivity index (χ1n) is 12.2. The fourth-order valence-electron chi connectivity index (χ4n) is 4.47. The maximum Gasteiger partial charge on any atom is 0.134 e. The van der Waals surface area contributed by atoms with Gasteiger partial charge in [-0.3, -0.25) is 4.90 Å². The number of nitrogens with one attached hydrogen (secondary N) is 1. The van der Waals surface area contributed by atoms with E-state index in [9.17, 15) is 5.11 Å². The highest BCUT2D eigenvalue weighted by molar-refractivity contribution is 5.49. The van der Waals surface area contributed by atoms with E-state index in [-0.39, 0.29) is 0 Å². The molecule has 34 heavy (non-hydrogen) atoms. The molecule has 2 saturated heterocycles. The van der Waals surface area contributed by atoms with E-state index >= 15 is 0 Å². The number of hydrogen-bond acceptors (Lipinski definition) is 9. The number of aromatic nitrogens is 2. The van der Waals surface area contributed by atoms with Crippen molar-refractivity contribution in [1.82, 2.24) is 20.2 Å². The summed E-state index contributed by atoms with van der Waals surface area (Å²) in [7, 11) is 3.93. The number of aliphatic hydroxyl groups is 1. The predicted molar refractivity (Wildman–Crippen MR) is 134 cm³/mol. The summed E-state index contributed by atoms with van der Waals surface area (Å²) in [5.74, 6) is 2.62. The van der Waals surface area contributed by atoms with Gasteiger partial charge in [0.05, 0.1) is 18.8 Å². The van der Waals surface area contributed by atoms with E-state index in [1.807, 2.05) is 37.2 Å². The minimum absolute atomic E-state index is 0.535.